The lowest BCUT2D eigenvalue weighted by Gasteiger charge is -2.63. The molecule has 9 atom stereocenters. The van der Waals surface area contributed by atoms with Gasteiger partial charge in [-0.1, -0.05) is 20.4 Å². The maximum atomic E-state index is 14.0. The van der Waals surface area contributed by atoms with E-state index in [9.17, 15) is 24.0 Å². The first-order valence-corrected chi connectivity index (χ1v) is 12.4. The van der Waals surface area contributed by atoms with Gasteiger partial charge in [-0.25, -0.2) is 0 Å². The number of hydrogen-bond acceptors (Lipinski definition) is 10. The first-order valence-electron chi connectivity index (χ1n) is 12.4. The molecule has 0 N–H and O–H groups in total. The van der Waals surface area contributed by atoms with Crippen LogP contribution < -0.4 is 0 Å². The zero-order chi connectivity index (χ0) is 26.4. The summed E-state index contributed by atoms with van der Waals surface area (Å²) in [5.74, 6) is -5.22. The van der Waals surface area contributed by atoms with Crippen molar-refractivity contribution < 1.29 is 47.7 Å². The van der Waals surface area contributed by atoms with Gasteiger partial charge in [-0.2, -0.15) is 0 Å². The van der Waals surface area contributed by atoms with Gasteiger partial charge < -0.3 is 23.7 Å². The highest BCUT2D eigenvalue weighted by Crippen LogP contribution is 2.72. The summed E-state index contributed by atoms with van der Waals surface area (Å²) in [7, 11) is 0. The highest BCUT2D eigenvalue weighted by Gasteiger charge is 2.83. The van der Waals surface area contributed by atoms with Crippen LogP contribution in [0.25, 0.3) is 0 Å². The Hall–Kier alpha value is -2.75. The normalized spacial score (nSPS) is 44.0. The second-order valence-corrected chi connectivity index (χ2v) is 11.5. The molecule has 0 radical (unpaired) electrons. The molecule has 2 bridgehead atoms. The minimum atomic E-state index is -1.94. The molecule has 0 amide bonds. The first kappa shape index (κ1) is 24.9. The van der Waals surface area contributed by atoms with Crippen LogP contribution in [0.2, 0.25) is 0 Å². The van der Waals surface area contributed by atoms with E-state index in [0.717, 1.165) is 0 Å². The lowest BCUT2D eigenvalue weighted by Crippen LogP contribution is -2.74. The summed E-state index contributed by atoms with van der Waals surface area (Å²) in [5, 5.41) is 0. The van der Waals surface area contributed by atoms with Gasteiger partial charge in [0.2, 0.25) is 6.29 Å². The Bertz CT molecular complexity index is 1080. The molecule has 0 unspecified atom stereocenters. The number of rotatable bonds is 3. The molecular weight excluding hydrogens is 472 g/mol. The molecular formula is C26H32O10. The average Bonchev–Trinajstić information content (AvgIpc) is 3.18. The smallest absolute Gasteiger partial charge is 0.324 e. The highest BCUT2D eigenvalue weighted by atomic mass is 16.7. The largest absolute Gasteiger partial charge is 0.462 e. The Morgan fingerprint density at radius 1 is 0.972 bits per heavy atom. The summed E-state index contributed by atoms with van der Waals surface area (Å²) < 4.78 is 29.3. The number of fused-ring (bicyclic) bond motifs is 1. The fraction of sp³-hybridized carbons (Fsp3) is 0.731. The molecule has 5 rings (SSSR count). The Labute approximate surface area is 209 Å². The second-order valence-electron chi connectivity index (χ2n) is 11.5. The van der Waals surface area contributed by atoms with Gasteiger partial charge in [0, 0.05) is 43.9 Å². The van der Waals surface area contributed by atoms with E-state index in [0.29, 0.717) is 12.8 Å². The number of ketones is 1. The molecule has 3 aliphatic carbocycles. The van der Waals surface area contributed by atoms with Crippen molar-refractivity contribution >= 4 is 29.7 Å². The van der Waals surface area contributed by atoms with E-state index in [1.807, 2.05) is 13.8 Å². The van der Waals surface area contributed by atoms with Crippen LogP contribution in [0.15, 0.2) is 12.2 Å². The van der Waals surface area contributed by atoms with Crippen molar-refractivity contribution in [2.24, 2.45) is 34.0 Å². The van der Waals surface area contributed by atoms with Crippen molar-refractivity contribution in [3.63, 3.8) is 0 Å². The summed E-state index contributed by atoms with van der Waals surface area (Å²) in [6.45, 7) is 11.8. The zero-order valence-electron chi connectivity index (χ0n) is 21.2. The SMILES string of the molecule is C=C1C(=O)[C@@]23C(=O)O[C@H]4CCC(C)(C)[C@H]5[C@H](OC(C)=O)OC[C@@]45[C@@H]2[C@H](OC(C)=O)C[C@@H]1[C@H]3OC(C)=O. The van der Waals surface area contributed by atoms with E-state index >= 15 is 0 Å². The molecule has 5 aliphatic rings. The number of carbonyl (C=O) groups is 5. The summed E-state index contributed by atoms with van der Waals surface area (Å²) in [6.07, 6.45) is -2.34. The van der Waals surface area contributed by atoms with Crippen molar-refractivity contribution in [2.45, 2.75) is 78.5 Å². The van der Waals surface area contributed by atoms with E-state index in [1.54, 1.807) is 0 Å². The highest BCUT2D eigenvalue weighted by molar-refractivity contribution is 6.16. The van der Waals surface area contributed by atoms with Crippen LogP contribution in [0.5, 0.6) is 0 Å². The maximum Gasteiger partial charge on any atom is 0.324 e. The number of Topliss-reactive ketones (excluding diaryl/α,β-unsaturated/α-hetero) is 1. The number of esters is 4. The Morgan fingerprint density at radius 2 is 1.61 bits per heavy atom. The van der Waals surface area contributed by atoms with E-state index in [-0.39, 0.29) is 18.6 Å². The van der Waals surface area contributed by atoms with Crippen molar-refractivity contribution in [1.82, 2.24) is 0 Å². The van der Waals surface area contributed by atoms with Crippen molar-refractivity contribution in [2.75, 3.05) is 6.61 Å². The molecule has 2 aliphatic heterocycles. The molecule has 10 heteroatoms. The van der Waals surface area contributed by atoms with Crippen molar-refractivity contribution in [3.8, 4) is 0 Å². The number of ether oxygens (including phenoxy) is 5. The van der Waals surface area contributed by atoms with Crippen molar-refractivity contribution in [3.05, 3.63) is 12.2 Å². The Balaban J connectivity index is 1.77. The van der Waals surface area contributed by atoms with E-state index < -0.39 is 88.3 Å². The topological polar surface area (TPSA) is 132 Å². The molecule has 2 saturated heterocycles. The van der Waals surface area contributed by atoms with Crippen LogP contribution in [0, 0.1) is 34.0 Å². The molecule has 0 aromatic carbocycles. The predicted molar refractivity (Wildman–Crippen MR) is 120 cm³/mol. The van der Waals surface area contributed by atoms with Crippen LogP contribution in [-0.2, 0) is 47.7 Å². The number of carbonyl (C=O) groups excluding carboxylic acids is 5. The van der Waals surface area contributed by atoms with E-state index in [4.69, 9.17) is 23.7 Å². The molecule has 0 aromatic rings. The second kappa shape index (κ2) is 7.87. The molecule has 2 spiro atoms. The molecule has 3 saturated carbocycles. The van der Waals surface area contributed by atoms with Gasteiger partial charge in [0.25, 0.3) is 0 Å². The van der Waals surface area contributed by atoms with Gasteiger partial charge in [0.05, 0.1) is 6.61 Å². The fourth-order valence-corrected chi connectivity index (χ4v) is 8.24. The van der Waals surface area contributed by atoms with Crippen LogP contribution >= 0.6 is 0 Å². The molecule has 0 aromatic heterocycles. The van der Waals surface area contributed by atoms with Crippen molar-refractivity contribution in [1.29, 1.82) is 0 Å². The molecule has 10 nitrogen and oxygen atoms in total. The first-order chi connectivity index (χ1) is 16.8. The summed E-state index contributed by atoms with van der Waals surface area (Å²) in [6, 6.07) is 0. The lowest BCUT2D eigenvalue weighted by molar-refractivity contribution is -0.271. The summed E-state index contributed by atoms with van der Waals surface area (Å²) >= 11 is 0. The average molecular weight is 505 g/mol. The van der Waals surface area contributed by atoms with Gasteiger partial charge in [-0.05, 0) is 30.3 Å². The van der Waals surface area contributed by atoms with Gasteiger partial charge in [-0.15, -0.1) is 0 Å². The van der Waals surface area contributed by atoms with Gasteiger partial charge in [-0.3, -0.25) is 24.0 Å². The minimum Gasteiger partial charge on any atom is -0.462 e. The molecule has 2 heterocycles. The van der Waals surface area contributed by atoms with E-state index in [1.165, 1.54) is 20.8 Å². The quantitative estimate of drug-likeness (QED) is 0.243. The Morgan fingerprint density at radius 3 is 2.22 bits per heavy atom. The summed E-state index contributed by atoms with van der Waals surface area (Å²) in [4.78, 5) is 64.4. The minimum absolute atomic E-state index is 0.0123. The third-order valence-corrected chi connectivity index (χ3v) is 9.18. The third-order valence-electron chi connectivity index (χ3n) is 9.18. The maximum absolute atomic E-state index is 14.0. The fourth-order valence-electron chi connectivity index (χ4n) is 8.24. The third kappa shape index (κ3) is 3.02. The number of hydrogen-bond donors (Lipinski definition) is 0. The Kier molecular flexibility index (Phi) is 5.45. The molecule has 5 fully saturated rings. The lowest BCUT2D eigenvalue weighted by atomic mass is 9.43. The van der Waals surface area contributed by atoms with Crippen LogP contribution in [0.1, 0.15) is 53.9 Å². The zero-order valence-corrected chi connectivity index (χ0v) is 21.2. The standard InChI is InChI=1S/C26H32O10/c1-11-15-9-16(33-12(2)27)18-25-10-32-22(35-14(4)29)19(25)24(5,6)8-7-17(25)36-23(31)26(18,20(11)30)21(15)34-13(3)28/h15-19,21-22H,1,7-10H2,2-6H3/t15-,16+,17-,18-,19+,21+,22-,25-,26-/m0/s1. The van der Waals surface area contributed by atoms with Crippen LogP contribution in [0.3, 0.4) is 0 Å². The summed E-state index contributed by atoms with van der Waals surface area (Å²) in [5.41, 5.74) is -3.29. The van der Waals surface area contributed by atoms with Gasteiger partial charge >= 0.3 is 23.9 Å². The monoisotopic (exact) mass is 504 g/mol. The molecule has 196 valence electrons. The molecule has 36 heavy (non-hydrogen) atoms. The van der Waals surface area contributed by atoms with E-state index in [2.05, 4.69) is 6.58 Å². The van der Waals surface area contributed by atoms with Crippen LogP contribution in [0.4, 0.5) is 0 Å². The predicted octanol–water partition coefficient (Wildman–Crippen LogP) is 1.88. The van der Waals surface area contributed by atoms with Crippen LogP contribution in [-0.4, -0.2) is 60.9 Å². The van der Waals surface area contributed by atoms with Gasteiger partial charge in [0.15, 0.2) is 11.2 Å². The van der Waals surface area contributed by atoms with Gasteiger partial charge in [0.1, 0.15) is 18.3 Å².